The Bertz CT molecular complexity index is 802. The van der Waals surface area contributed by atoms with Gasteiger partial charge in [0.25, 0.3) is 5.91 Å². The largest absolute Gasteiger partial charge is 0.455 e. The molecule has 1 saturated heterocycles. The van der Waals surface area contributed by atoms with Crippen LogP contribution in [0.4, 0.5) is 11.4 Å². The summed E-state index contributed by atoms with van der Waals surface area (Å²) in [6.45, 7) is 1.85. The molecule has 0 aliphatic carbocycles. The first-order valence-corrected chi connectivity index (χ1v) is 8.41. The van der Waals surface area contributed by atoms with E-state index in [9.17, 15) is 14.4 Å². The van der Waals surface area contributed by atoms with Gasteiger partial charge in [-0.25, -0.2) is 0 Å². The molecule has 1 aliphatic rings. The van der Waals surface area contributed by atoms with Crippen molar-refractivity contribution in [2.24, 2.45) is 5.92 Å². The highest BCUT2D eigenvalue weighted by molar-refractivity contribution is 6.00. The number of amides is 2. The molecular weight excluding hydrogens is 332 g/mol. The van der Waals surface area contributed by atoms with E-state index < -0.39 is 17.8 Å². The first kappa shape index (κ1) is 17.7. The third-order valence-electron chi connectivity index (χ3n) is 4.21. The summed E-state index contributed by atoms with van der Waals surface area (Å²) in [5, 5.41) is 2.66. The molecule has 0 unspecified atom stereocenters. The van der Waals surface area contributed by atoms with E-state index in [0.717, 1.165) is 11.3 Å². The Morgan fingerprint density at radius 3 is 2.50 bits per heavy atom. The first-order chi connectivity index (χ1) is 12.5. The van der Waals surface area contributed by atoms with Gasteiger partial charge < -0.3 is 15.0 Å². The molecule has 6 heteroatoms. The van der Waals surface area contributed by atoms with E-state index in [2.05, 4.69) is 5.32 Å². The number of hydrogen-bond donors (Lipinski definition) is 1. The quantitative estimate of drug-likeness (QED) is 0.839. The molecule has 1 atom stereocenters. The van der Waals surface area contributed by atoms with E-state index in [0.29, 0.717) is 5.69 Å². The van der Waals surface area contributed by atoms with E-state index in [4.69, 9.17) is 4.74 Å². The van der Waals surface area contributed by atoms with Gasteiger partial charge >= 0.3 is 5.97 Å². The summed E-state index contributed by atoms with van der Waals surface area (Å²) in [6, 6.07) is 16.5. The van der Waals surface area contributed by atoms with Crippen molar-refractivity contribution in [2.75, 3.05) is 23.4 Å². The molecule has 134 valence electrons. The number of carbonyl (C=O) groups excluding carboxylic acids is 3. The van der Waals surface area contributed by atoms with Crippen LogP contribution in [0.2, 0.25) is 0 Å². The third kappa shape index (κ3) is 4.27. The Kier molecular flexibility index (Phi) is 5.31. The highest BCUT2D eigenvalue weighted by atomic mass is 16.5. The second-order valence-corrected chi connectivity index (χ2v) is 6.26. The molecule has 2 aromatic rings. The van der Waals surface area contributed by atoms with Crippen LogP contribution in [0.25, 0.3) is 0 Å². The van der Waals surface area contributed by atoms with Gasteiger partial charge in [-0.1, -0.05) is 35.9 Å². The molecule has 1 heterocycles. The van der Waals surface area contributed by atoms with Gasteiger partial charge in [-0.2, -0.15) is 0 Å². The van der Waals surface area contributed by atoms with E-state index >= 15 is 0 Å². The van der Waals surface area contributed by atoms with Gasteiger partial charge in [0.1, 0.15) is 0 Å². The van der Waals surface area contributed by atoms with Gasteiger partial charge in [-0.05, 0) is 31.2 Å². The maximum Gasteiger partial charge on any atom is 0.311 e. The van der Waals surface area contributed by atoms with E-state index in [1.165, 1.54) is 0 Å². The molecule has 0 aromatic heterocycles. The monoisotopic (exact) mass is 352 g/mol. The lowest BCUT2D eigenvalue weighted by molar-refractivity contribution is -0.151. The highest BCUT2D eigenvalue weighted by Gasteiger charge is 2.36. The number of rotatable bonds is 5. The molecule has 0 radical (unpaired) electrons. The molecular formula is C20H20N2O4. The van der Waals surface area contributed by atoms with Crippen LogP contribution in [0.3, 0.4) is 0 Å². The molecule has 2 aromatic carbocycles. The Morgan fingerprint density at radius 2 is 1.81 bits per heavy atom. The second-order valence-electron chi connectivity index (χ2n) is 6.26. The summed E-state index contributed by atoms with van der Waals surface area (Å²) in [6.07, 6.45) is 0.0906. The lowest BCUT2D eigenvalue weighted by Crippen LogP contribution is -2.28. The summed E-state index contributed by atoms with van der Waals surface area (Å²) < 4.78 is 5.09. The lowest BCUT2D eigenvalue weighted by atomic mass is 10.1. The normalized spacial score (nSPS) is 16.4. The number of nitrogens with one attached hydrogen (secondary N) is 1. The van der Waals surface area contributed by atoms with Gasteiger partial charge in [0.15, 0.2) is 6.61 Å². The summed E-state index contributed by atoms with van der Waals surface area (Å²) in [5.41, 5.74) is 2.48. The molecule has 2 amide bonds. The summed E-state index contributed by atoms with van der Waals surface area (Å²) in [4.78, 5) is 37.8. The zero-order valence-electron chi connectivity index (χ0n) is 14.5. The maximum absolute atomic E-state index is 12.2. The minimum absolute atomic E-state index is 0.0906. The number of hydrogen-bond acceptors (Lipinski definition) is 4. The highest BCUT2D eigenvalue weighted by Crippen LogP contribution is 2.25. The van der Waals surface area contributed by atoms with Crippen LogP contribution in [0.15, 0.2) is 54.6 Å². The number of esters is 1. The number of ether oxygens (including phenoxy) is 1. The second kappa shape index (κ2) is 7.82. The van der Waals surface area contributed by atoms with Crippen molar-refractivity contribution in [3.05, 3.63) is 60.2 Å². The van der Waals surface area contributed by atoms with E-state index in [-0.39, 0.29) is 25.5 Å². The average Bonchev–Trinajstić information content (AvgIpc) is 3.04. The minimum Gasteiger partial charge on any atom is -0.455 e. The van der Waals surface area contributed by atoms with Crippen LogP contribution in [0.1, 0.15) is 12.0 Å². The van der Waals surface area contributed by atoms with Gasteiger partial charge in [0.05, 0.1) is 5.92 Å². The van der Waals surface area contributed by atoms with Crippen molar-refractivity contribution in [1.82, 2.24) is 0 Å². The van der Waals surface area contributed by atoms with Gasteiger partial charge in [0.2, 0.25) is 5.91 Å². The Morgan fingerprint density at radius 1 is 1.12 bits per heavy atom. The number of para-hydroxylation sites is 1. The minimum atomic E-state index is -0.560. The average molecular weight is 352 g/mol. The number of benzene rings is 2. The third-order valence-corrected chi connectivity index (χ3v) is 4.21. The first-order valence-electron chi connectivity index (χ1n) is 8.41. The zero-order chi connectivity index (χ0) is 18.5. The summed E-state index contributed by atoms with van der Waals surface area (Å²) in [5.74, 6) is -1.63. The summed E-state index contributed by atoms with van der Waals surface area (Å²) >= 11 is 0. The standard InChI is InChI=1S/C20H20N2O4/c1-14-7-9-16(10-8-14)21-18(23)13-26-20(25)15-11-19(24)22(12-15)17-5-3-2-4-6-17/h2-10,15H,11-13H2,1H3,(H,21,23)/t15-/m1/s1. The van der Waals surface area contributed by atoms with Crippen molar-refractivity contribution in [2.45, 2.75) is 13.3 Å². The molecule has 1 N–H and O–H groups in total. The summed E-state index contributed by atoms with van der Waals surface area (Å²) in [7, 11) is 0. The Balaban J connectivity index is 1.50. The maximum atomic E-state index is 12.2. The lowest BCUT2D eigenvalue weighted by Gasteiger charge is -2.16. The van der Waals surface area contributed by atoms with Crippen molar-refractivity contribution in [3.8, 4) is 0 Å². The molecule has 1 aliphatic heterocycles. The molecule has 3 rings (SSSR count). The van der Waals surface area contributed by atoms with E-state index in [1.54, 1.807) is 17.0 Å². The van der Waals surface area contributed by atoms with Crippen molar-refractivity contribution in [1.29, 1.82) is 0 Å². The zero-order valence-corrected chi connectivity index (χ0v) is 14.5. The van der Waals surface area contributed by atoms with Gasteiger partial charge in [-0.3, -0.25) is 14.4 Å². The van der Waals surface area contributed by atoms with Crippen LogP contribution in [0, 0.1) is 12.8 Å². The van der Waals surface area contributed by atoms with Gasteiger partial charge in [-0.15, -0.1) is 0 Å². The molecule has 0 saturated carbocycles. The molecule has 1 fully saturated rings. The number of aryl methyl sites for hydroxylation is 1. The Labute approximate surface area is 151 Å². The molecule has 6 nitrogen and oxygen atoms in total. The molecule has 0 spiro atoms. The topological polar surface area (TPSA) is 75.7 Å². The number of carbonyl (C=O) groups is 3. The predicted octanol–water partition coefficient (Wildman–Crippen LogP) is 2.53. The van der Waals surface area contributed by atoms with Crippen LogP contribution in [-0.4, -0.2) is 30.9 Å². The van der Waals surface area contributed by atoms with Crippen LogP contribution < -0.4 is 10.2 Å². The van der Waals surface area contributed by atoms with Gasteiger partial charge in [0, 0.05) is 24.3 Å². The number of nitrogens with zero attached hydrogens (tertiary/aromatic N) is 1. The molecule has 26 heavy (non-hydrogen) atoms. The molecule has 0 bridgehead atoms. The smallest absolute Gasteiger partial charge is 0.311 e. The van der Waals surface area contributed by atoms with Crippen molar-refractivity contribution >= 4 is 29.2 Å². The van der Waals surface area contributed by atoms with Crippen LogP contribution >= 0.6 is 0 Å². The SMILES string of the molecule is Cc1ccc(NC(=O)COC(=O)[C@@H]2CC(=O)N(c3ccccc3)C2)cc1. The van der Waals surface area contributed by atoms with E-state index in [1.807, 2.05) is 49.4 Å². The van der Waals surface area contributed by atoms with Crippen molar-refractivity contribution in [3.63, 3.8) is 0 Å². The predicted molar refractivity (Wildman–Crippen MR) is 97.7 cm³/mol. The number of anilines is 2. The van der Waals surface area contributed by atoms with Crippen LogP contribution in [-0.2, 0) is 19.1 Å². The Hall–Kier alpha value is -3.15. The fraction of sp³-hybridized carbons (Fsp3) is 0.250. The van der Waals surface area contributed by atoms with Crippen molar-refractivity contribution < 1.29 is 19.1 Å². The fourth-order valence-corrected chi connectivity index (χ4v) is 2.81. The van der Waals surface area contributed by atoms with Crippen LogP contribution in [0.5, 0.6) is 0 Å². The fourth-order valence-electron chi connectivity index (χ4n) is 2.81.